The van der Waals surface area contributed by atoms with E-state index in [2.05, 4.69) is 42.1 Å². The van der Waals surface area contributed by atoms with Gasteiger partial charge in [-0.3, -0.25) is 4.98 Å². The van der Waals surface area contributed by atoms with E-state index in [1.54, 1.807) is 6.20 Å². The highest BCUT2D eigenvalue weighted by Crippen LogP contribution is 2.07. The molecule has 0 aliphatic heterocycles. The topological polar surface area (TPSA) is 19.4 Å². The van der Waals surface area contributed by atoms with Crippen LogP contribution in [0, 0.1) is 6.20 Å². The quantitative estimate of drug-likeness (QED) is 0.682. The molecule has 0 atom stereocenters. The van der Waals surface area contributed by atoms with E-state index in [4.69, 9.17) is 0 Å². The molecule has 0 aliphatic carbocycles. The highest BCUT2D eigenvalue weighted by molar-refractivity contribution is 5.41. The van der Waals surface area contributed by atoms with Crippen molar-refractivity contribution in [1.29, 1.82) is 0 Å². The van der Waals surface area contributed by atoms with Gasteiger partial charge in [-0.05, 0) is 26.2 Å². The molecule has 0 aliphatic rings. The average molecular weight is 178 g/mol. The average Bonchev–Trinajstić information content (AvgIpc) is 2.15. The van der Waals surface area contributed by atoms with Gasteiger partial charge in [0.1, 0.15) is 6.20 Å². The first-order valence-electron chi connectivity index (χ1n) is 4.38. The molecule has 0 aromatic carbocycles. The minimum Gasteiger partial charge on any atom is -0.372 e. The van der Waals surface area contributed by atoms with Crippen molar-refractivity contribution in [3.05, 3.63) is 24.5 Å². The molecule has 0 saturated carbocycles. The van der Waals surface area contributed by atoms with Crippen LogP contribution in [0.1, 0.15) is 0 Å². The van der Waals surface area contributed by atoms with Crippen LogP contribution in [0.5, 0.6) is 0 Å². The van der Waals surface area contributed by atoms with E-state index in [1.807, 2.05) is 12.1 Å². The van der Waals surface area contributed by atoms with E-state index >= 15 is 0 Å². The van der Waals surface area contributed by atoms with Crippen LogP contribution in [0.3, 0.4) is 0 Å². The highest BCUT2D eigenvalue weighted by atomic mass is 15.2. The summed E-state index contributed by atoms with van der Waals surface area (Å²) in [7, 11) is 6.19. The van der Waals surface area contributed by atoms with E-state index in [0.29, 0.717) is 0 Å². The first-order valence-corrected chi connectivity index (χ1v) is 4.38. The van der Waals surface area contributed by atoms with Crippen molar-refractivity contribution in [3.8, 4) is 0 Å². The van der Waals surface area contributed by atoms with Crippen LogP contribution in [0.2, 0.25) is 0 Å². The number of rotatable bonds is 4. The van der Waals surface area contributed by atoms with Gasteiger partial charge in [0.05, 0.1) is 5.69 Å². The predicted molar refractivity (Wildman–Crippen MR) is 54.9 cm³/mol. The van der Waals surface area contributed by atoms with Gasteiger partial charge in [0.25, 0.3) is 0 Å². The van der Waals surface area contributed by atoms with Crippen LogP contribution >= 0.6 is 0 Å². The van der Waals surface area contributed by atoms with Gasteiger partial charge in [0.15, 0.2) is 0 Å². The summed E-state index contributed by atoms with van der Waals surface area (Å²) in [5.41, 5.74) is 1.05. The van der Waals surface area contributed by atoms with Gasteiger partial charge in [-0.25, -0.2) is 0 Å². The van der Waals surface area contributed by atoms with Gasteiger partial charge in [0.2, 0.25) is 0 Å². The number of pyridine rings is 1. The molecular weight excluding hydrogens is 162 g/mol. The van der Waals surface area contributed by atoms with E-state index in [1.165, 1.54) is 0 Å². The Bertz CT molecular complexity index is 233. The number of nitrogens with zero attached hydrogens (tertiary/aromatic N) is 3. The third-order valence-electron chi connectivity index (χ3n) is 1.89. The summed E-state index contributed by atoms with van der Waals surface area (Å²) in [5.74, 6) is 0. The lowest BCUT2D eigenvalue weighted by atomic mass is 10.4. The normalized spacial score (nSPS) is 10.5. The van der Waals surface area contributed by atoms with Crippen LogP contribution in [-0.2, 0) is 0 Å². The molecule has 0 amide bonds. The first kappa shape index (κ1) is 9.99. The van der Waals surface area contributed by atoms with Crippen LogP contribution < -0.4 is 4.90 Å². The van der Waals surface area contributed by atoms with E-state index < -0.39 is 0 Å². The van der Waals surface area contributed by atoms with Crippen molar-refractivity contribution in [2.24, 2.45) is 0 Å². The molecule has 0 fully saturated rings. The van der Waals surface area contributed by atoms with Gasteiger partial charge in [-0.2, -0.15) is 0 Å². The Balaban J connectivity index is 2.44. The summed E-state index contributed by atoms with van der Waals surface area (Å²) in [5, 5.41) is 0. The lowest BCUT2D eigenvalue weighted by molar-refractivity contribution is 0.416. The van der Waals surface area contributed by atoms with Crippen LogP contribution in [0.15, 0.2) is 18.3 Å². The molecular formula is C10H16N3. The predicted octanol–water partition coefficient (Wildman–Crippen LogP) is 0.880. The summed E-state index contributed by atoms with van der Waals surface area (Å²) in [6.45, 7) is 2.04. The van der Waals surface area contributed by atoms with Gasteiger partial charge >= 0.3 is 0 Å². The Kier molecular flexibility index (Phi) is 3.71. The third kappa shape index (κ3) is 3.42. The molecule has 1 heterocycles. The van der Waals surface area contributed by atoms with Crippen LogP contribution in [0.25, 0.3) is 0 Å². The second kappa shape index (κ2) is 4.82. The van der Waals surface area contributed by atoms with Crippen molar-refractivity contribution in [1.82, 2.24) is 9.88 Å². The van der Waals surface area contributed by atoms with Gasteiger partial charge in [0, 0.05) is 26.3 Å². The number of aromatic nitrogens is 1. The molecule has 0 spiro atoms. The molecule has 0 bridgehead atoms. The maximum Gasteiger partial charge on any atom is 0.114 e. The second-order valence-corrected chi connectivity index (χ2v) is 3.36. The summed E-state index contributed by atoms with van der Waals surface area (Å²) < 4.78 is 0. The minimum absolute atomic E-state index is 0.995. The number of hydrogen-bond donors (Lipinski definition) is 0. The number of anilines is 1. The lowest BCUT2D eigenvalue weighted by Crippen LogP contribution is -2.28. The molecule has 3 nitrogen and oxygen atoms in total. The maximum absolute atomic E-state index is 3.95. The summed E-state index contributed by atoms with van der Waals surface area (Å²) in [6, 6.07) is 3.95. The monoisotopic (exact) mass is 178 g/mol. The van der Waals surface area contributed by atoms with Crippen molar-refractivity contribution in [2.75, 3.05) is 39.1 Å². The summed E-state index contributed by atoms with van der Waals surface area (Å²) >= 11 is 0. The number of hydrogen-bond acceptors (Lipinski definition) is 3. The third-order valence-corrected chi connectivity index (χ3v) is 1.89. The molecule has 1 aromatic rings. The smallest absolute Gasteiger partial charge is 0.114 e. The van der Waals surface area contributed by atoms with E-state index in [-0.39, 0.29) is 0 Å². The van der Waals surface area contributed by atoms with Gasteiger partial charge in [-0.1, -0.05) is 0 Å². The zero-order chi connectivity index (χ0) is 9.68. The molecule has 0 saturated heterocycles. The molecule has 1 radical (unpaired) electrons. The molecule has 1 aromatic heterocycles. The summed E-state index contributed by atoms with van der Waals surface area (Å²) in [4.78, 5) is 8.26. The molecule has 1 rings (SSSR count). The Labute approximate surface area is 80.0 Å². The molecule has 13 heavy (non-hydrogen) atoms. The van der Waals surface area contributed by atoms with Crippen molar-refractivity contribution in [2.45, 2.75) is 0 Å². The maximum atomic E-state index is 3.95. The molecule has 0 N–H and O–H groups in total. The van der Waals surface area contributed by atoms with Gasteiger partial charge in [-0.15, -0.1) is 0 Å². The van der Waals surface area contributed by atoms with E-state index in [9.17, 15) is 0 Å². The zero-order valence-corrected chi connectivity index (χ0v) is 8.49. The largest absolute Gasteiger partial charge is 0.372 e. The van der Waals surface area contributed by atoms with Crippen molar-refractivity contribution < 1.29 is 0 Å². The Morgan fingerprint density at radius 3 is 2.62 bits per heavy atom. The number of likely N-dealkylation sites (N-methyl/N-ethyl adjacent to an activating group) is 2. The van der Waals surface area contributed by atoms with E-state index in [0.717, 1.165) is 18.8 Å². The SMILES string of the molecule is CN(C)CCN(C)c1[c]nccc1. The van der Waals surface area contributed by atoms with Gasteiger partial charge < -0.3 is 9.80 Å². The Morgan fingerprint density at radius 2 is 2.08 bits per heavy atom. The Morgan fingerprint density at radius 1 is 1.31 bits per heavy atom. The first-order chi connectivity index (χ1) is 6.20. The fraction of sp³-hybridized carbons (Fsp3) is 0.500. The lowest BCUT2D eigenvalue weighted by Gasteiger charge is -2.20. The van der Waals surface area contributed by atoms with Crippen molar-refractivity contribution in [3.63, 3.8) is 0 Å². The standard InChI is InChI=1S/C10H16N3/c1-12(2)7-8-13(3)10-5-4-6-11-9-10/h4-6H,7-8H2,1-3H3. The summed E-state index contributed by atoms with van der Waals surface area (Å²) in [6.07, 6.45) is 4.69. The fourth-order valence-corrected chi connectivity index (χ4v) is 1.00. The minimum atomic E-state index is 0.995. The molecule has 0 unspecified atom stereocenters. The molecule has 3 heteroatoms. The van der Waals surface area contributed by atoms with Crippen LogP contribution in [0.4, 0.5) is 5.69 Å². The fourth-order valence-electron chi connectivity index (χ4n) is 1.00. The van der Waals surface area contributed by atoms with Crippen LogP contribution in [-0.4, -0.2) is 44.1 Å². The van der Waals surface area contributed by atoms with Crippen molar-refractivity contribution >= 4 is 5.69 Å². The second-order valence-electron chi connectivity index (χ2n) is 3.36. The zero-order valence-electron chi connectivity index (χ0n) is 8.49. The molecule has 71 valence electrons. The highest BCUT2D eigenvalue weighted by Gasteiger charge is 2.00. The Hall–Kier alpha value is -1.09.